The van der Waals surface area contributed by atoms with Crippen molar-refractivity contribution in [1.29, 1.82) is 0 Å². The number of halogens is 1. The number of para-hydroxylation sites is 1. The first kappa shape index (κ1) is 18.9. The van der Waals surface area contributed by atoms with Crippen LogP contribution in [-0.4, -0.2) is 45.2 Å². The van der Waals surface area contributed by atoms with Gasteiger partial charge in [-0.05, 0) is 42.2 Å². The number of amides is 2. The Labute approximate surface area is 186 Å². The van der Waals surface area contributed by atoms with Gasteiger partial charge >= 0.3 is 0 Å². The summed E-state index contributed by atoms with van der Waals surface area (Å²) in [6.45, 7) is 0.173. The first-order valence-electron chi connectivity index (χ1n) is 11.1. The van der Waals surface area contributed by atoms with Gasteiger partial charge in [-0.3, -0.25) is 9.59 Å². The van der Waals surface area contributed by atoms with E-state index in [2.05, 4.69) is 17.1 Å². The molecule has 6 rings (SSSR count). The van der Waals surface area contributed by atoms with Gasteiger partial charge in [0, 0.05) is 34.1 Å². The van der Waals surface area contributed by atoms with Crippen molar-refractivity contribution in [3.05, 3.63) is 70.4 Å². The molecule has 6 heteroatoms. The van der Waals surface area contributed by atoms with Crippen LogP contribution < -0.4 is 0 Å². The maximum absolute atomic E-state index is 13.7. The van der Waals surface area contributed by atoms with Gasteiger partial charge in [0.15, 0.2) is 0 Å². The molecule has 2 aliphatic heterocycles. The summed E-state index contributed by atoms with van der Waals surface area (Å²) in [4.78, 5) is 34.5. The van der Waals surface area contributed by atoms with Crippen LogP contribution in [0.4, 0.5) is 0 Å². The minimum absolute atomic E-state index is 0.0192. The molecule has 0 radical (unpaired) electrons. The van der Waals surface area contributed by atoms with Crippen molar-refractivity contribution in [2.75, 3.05) is 6.54 Å². The summed E-state index contributed by atoms with van der Waals surface area (Å²) >= 11 is 6.33. The molecule has 3 aromatic rings. The molecular formula is C25H24ClN3O2. The van der Waals surface area contributed by atoms with E-state index >= 15 is 0 Å². The van der Waals surface area contributed by atoms with Gasteiger partial charge in [-0.2, -0.15) is 0 Å². The molecule has 3 aliphatic rings. The van der Waals surface area contributed by atoms with E-state index in [1.54, 1.807) is 0 Å². The van der Waals surface area contributed by atoms with Crippen LogP contribution in [0.25, 0.3) is 10.9 Å². The molecule has 3 heterocycles. The molecule has 1 N–H and O–H groups in total. The summed E-state index contributed by atoms with van der Waals surface area (Å²) in [7, 11) is 0. The number of aromatic amines is 1. The highest BCUT2D eigenvalue weighted by Crippen LogP contribution is 2.43. The number of piperazine rings is 1. The highest BCUT2D eigenvalue weighted by molar-refractivity contribution is 6.30. The highest BCUT2D eigenvalue weighted by Gasteiger charge is 2.49. The second kappa shape index (κ2) is 7.13. The lowest BCUT2D eigenvalue weighted by Gasteiger charge is -2.48. The number of benzene rings is 2. The molecule has 0 unspecified atom stereocenters. The number of fused-ring (bicyclic) bond motifs is 4. The van der Waals surface area contributed by atoms with E-state index in [0.717, 1.165) is 53.4 Å². The van der Waals surface area contributed by atoms with Crippen molar-refractivity contribution in [3.8, 4) is 0 Å². The molecule has 2 atom stereocenters. The molecule has 2 fully saturated rings. The predicted octanol–water partition coefficient (Wildman–Crippen LogP) is 4.45. The Balaban J connectivity index is 1.52. The van der Waals surface area contributed by atoms with E-state index in [1.165, 1.54) is 0 Å². The fraction of sp³-hybridized carbons (Fsp3) is 0.360. The van der Waals surface area contributed by atoms with Crippen molar-refractivity contribution in [2.24, 2.45) is 0 Å². The lowest BCUT2D eigenvalue weighted by Crippen LogP contribution is -2.64. The van der Waals surface area contributed by atoms with Gasteiger partial charge in [-0.15, -0.1) is 0 Å². The first-order chi connectivity index (χ1) is 15.1. The molecule has 0 spiro atoms. The van der Waals surface area contributed by atoms with Crippen LogP contribution in [0, 0.1) is 0 Å². The number of nitrogens with zero attached hydrogens (tertiary/aromatic N) is 2. The Bertz CT molecular complexity index is 1200. The van der Waals surface area contributed by atoms with Crippen molar-refractivity contribution in [2.45, 2.75) is 50.2 Å². The average Bonchev–Trinajstić information content (AvgIpc) is 3.43. The molecule has 0 bridgehead atoms. The predicted molar refractivity (Wildman–Crippen MR) is 120 cm³/mol. The Hall–Kier alpha value is -2.79. The summed E-state index contributed by atoms with van der Waals surface area (Å²) in [5.41, 5.74) is 4.10. The second-order valence-corrected chi connectivity index (χ2v) is 9.38. The zero-order valence-corrected chi connectivity index (χ0v) is 17.9. The van der Waals surface area contributed by atoms with E-state index in [1.807, 2.05) is 46.2 Å². The summed E-state index contributed by atoms with van der Waals surface area (Å²) in [5.74, 6) is 0.111. The second-order valence-electron chi connectivity index (χ2n) is 8.95. The van der Waals surface area contributed by atoms with Gasteiger partial charge in [0.25, 0.3) is 0 Å². The van der Waals surface area contributed by atoms with Crippen LogP contribution in [0.1, 0.15) is 48.5 Å². The number of H-pyrrole nitrogens is 1. The summed E-state index contributed by atoms with van der Waals surface area (Å²) in [6.07, 6.45) is 4.82. The number of hydrogen-bond donors (Lipinski definition) is 1. The monoisotopic (exact) mass is 433 g/mol. The third-order valence-corrected chi connectivity index (χ3v) is 7.46. The number of carbonyl (C=O) groups is 2. The quantitative estimate of drug-likeness (QED) is 0.649. The Morgan fingerprint density at radius 3 is 2.61 bits per heavy atom. The van der Waals surface area contributed by atoms with Gasteiger partial charge in [0.2, 0.25) is 11.8 Å². The molecule has 1 aromatic heterocycles. The van der Waals surface area contributed by atoms with Crippen molar-refractivity contribution in [3.63, 3.8) is 0 Å². The number of rotatable bonds is 2. The number of hydrogen-bond acceptors (Lipinski definition) is 2. The molecule has 1 saturated carbocycles. The summed E-state index contributed by atoms with van der Waals surface area (Å²) < 4.78 is 0. The zero-order valence-electron chi connectivity index (χ0n) is 17.2. The van der Waals surface area contributed by atoms with Gasteiger partial charge < -0.3 is 14.8 Å². The smallest absolute Gasteiger partial charge is 0.246 e. The van der Waals surface area contributed by atoms with E-state index in [4.69, 9.17) is 11.6 Å². The highest BCUT2D eigenvalue weighted by atomic mass is 35.5. The van der Waals surface area contributed by atoms with Crippen LogP contribution >= 0.6 is 11.6 Å². The van der Waals surface area contributed by atoms with Crippen LogP contribution in [0.15, 0.2) is 48.5 Å². The lowest BCUT2D eigenvalue weighted by atomic mass is 9.86. The fourth-order valence-corrected chi connectivity index (χ4v) is 6.03. The van der Waals surface area contributed by atoms with Crippen molar-refractivity contribution in [1.82, 2.24) is 14.8 Å². The van der Waals surface area contributed by atoms with Gasteiger partial charge in [0.05, 0.1) is 6.04 Å². The molecule has 1 saturated heterocycles. The SMILES string of the molecule is O=C1[C@@H]2Cc3c([nH]c4ccccc34)[C@H](c3cccc(Cl)c3)N2C(=O)CN1C1CCCC1. The maximum Gasteiger partial charge on any atom is 0.246 e. The minimum atomic E-state index is -0.475. The van der Waals surface area contributed by atoms with Crippen LogP contribution in [-0.2, 0) is 16.0 Å². The molecule has 5 nitrogen and oxygen atoms in total. The van der Waals surface area contributed by atoms with Gasteiger partial charge in [-0.1, -0.05) is 54.8 Å². The average molecular weight is 434 g/mol. The van der Waals surface area contributed by atoms with Gasteiger partial charge in [0.1, 0.15) is 12.6 Å². The Morgan fingerprint density at radius 1 is 1.00 bits per heavy atom. The number of nitrogens with one attached hydrogen (secondary N) is 1. The van der Waals surface area contributed by atoms with Crippen LogP contribution in [0.5, 0.6) is 0 Å². The molecule has 1 aliphatic carbocycles. The van der Waals surface area contributed by atoms with Crippen molar-refractivity contribution >= 4 is 34.3 Å². The molecule has 2 aromatic carbocycles. The molecule has 2 amide bonds. The normalized spacial score (nSPS) is 24.0. The summed E-state index contributed by atoms with van der Waals surface area (Å²) in [6, 6.07) is 15.2. The van der Waals surface area contributed by atoms with Crippen molar-refractivity contribution < 1.29 is 9.59 Å². The third kappa shape index (κ3) is 2.90. The van der Waals surface area contributed by atoms with Gasteiger partial charge in [-0.25, -0.2) is 0 Å². The molecular weight excluding hydrogens is 410 g/mol. The lowest BCUT2D eigenvalue weighted by molar-refractivity contribution is -0.160. The Morgan fingerprint density at radius 2 is 1.81 bits per heavy atom. The fourth-order valence-electron chi connectivity index (χ4n) is 5.83. The summed E-state index contributed by atoms with van der Waals surface area (Å²) in [5, 5.41) is 1.75. The zero-order chi connectivity index (χ0) is 21.1. The van der Waals surface area contributed by atoms with E-state index < -0.39 is 6.04 Å². The van der Waals surface area contributed by atoms with E-state index in [0.29, 0.717) is 11.4 Å². The van der Waals surface area contributed by atoms with Crippen LogP contribution in [0.2, 0.25) is 5.02 Å². The number of carbonyl (C=O) groups excluding carboxylic acids is 2. The molecule has 31 heavy (non-hydrogen) atoms. The molecule has 158 valence electrons. The largest absolute Gasteiger partial charge is 0.356 e. The topological polar surface area (TPSA) is 56.4 Å². The standard InChI is InChI=1S/C25H24ClN3O2/c26-16-7-5-6-15(12-16)24-23-19(18-10-3-4-11-20(18)27-23)13-21-25(31)28(14-22(30)29(21)24)17-8-1-2-9-17/h3-7,10-12,17,21,24,27H,1-2,8-9,13-14H2/t21-,24-/m0/s1. The van der Waals surface area contributed by atoms with E-state index in [9.17, 15) is 9.59 Å². The van der Waals surface area contributed by atoms with E-state index in [-0.39, 0.29) is 30.4 Å². The first-order valence-corrected chi connectivity index (χ1v) is 11.5. The Kier molecular flexibility index (Phi) is 4.35. The minimum Gasteiger partial charge on any atom is -0.356 e. The number of aromatic nitrogens is 1. The third-order valence-electron chi connectivity index (χ3n) is 7.22. The maximum atomic E-state index is 13.7. The van der Waals surface area contributed by atoms with Crippen LogP contribution in [0.3, 0.4) is 0 Å².